The first-order valence-electron chi connectivity index (χ1n) is 26.7. The van der Waals surface area contributed by atoms with Gasteiger partial charge in [0.25, 0.3) is 11.7 Å². The molecule has 5 heterocycles. The smallest absolute Gasteiger partial charge is 0.329 e. The van der Waals surface area contributed by atoms with E-state index in [4.69, 9.17) is 28.5 Å². The van der Waals surface area contributed by atoms with Crippen molar-refractivity contribution < 1.29 is 67.8 Å². The summed E-state index contributed by atoms with van der Waals surface area (Å²) in [5, 5.41) is 36.2. The van der Waals surface area contributed by atoms with E-state index >= 15 is 0 Å². The van der Waals surface area contributed by atoms with Crippen LogP contribution in [0.3, 0.4) is 0 Å². The van der Waals surface area contributed by atoms with Crippen LogP contribution in [0.25, 0.3) is 0 Å². The maximum atomic E-state index is 14.5. The first-order chi connectivity index (χ1) is 34.7. The number of para-hydroxylation sites is 1. The first-order valence-corrected chi connectivity index (χ1v) is 26.7. The van der Waals surface area contributed by atoms with Crippen molar-refractivity contribution in [2.75, 3.05) is 32.9 Å². The molecular formula is C57H84N2O14. The number of amides is 1. The van der Waals surface area contributed by atoms with Crippen molar-refractivity contribution in [2.24, 2.45) is 35.5 Å². The molecule has 1 saturated carbocycles. The Morgan fingerprint density at radius 2 is 1.55 bits per heavy atom. The Labute approximate surface area is 432 Å². The number of hydrogen-bond acceptors (Lipinski definition) is 15. The minimum Gasteiger partial charge on any atom is -0.460 e. The van der Waals surface area contributed by atoms with Crippen LogP contribution in [-0.4, -0.2) is 144 Å². The number of nitrogens with zero attached hydrogens (tertiary/aromatic N) is 2. The first kappa shape index (κ1) is 58.1. The van der Waals surface area contributed by atoms with Crippen LogP contribution in [0.4, 0.5) is 5.69 Å². The minimum atomic E-state index is -2.47. The lowest BCUT2D eigenvalue weighted by Gasteiger charge is -2.43. The highest BCUT2D eigenvalue weighted by atomic mass is 16.7. The van der Waals surface area contributed by atoms with Crippen LogP contribution in [0.1, 0.15) is 126 Å². The fourth-order valence-electron chi connectivity index (χ4n) is 11.8. The second kappa shape index (κ2) is 26.1. The van der Waals surface area contributed by atoms with Gasteiger partial charge in [0.1, 0.15) is 36.2 Å². The summed E-state index contributed by atoms with van der Waals surface area (Å²) in [7, 11) is 4.53. The van der Waals surface area contributed by atoms with Gasteiger partial charge in [-0.2, -0.15) is 0 Å². The molecule has 0 aromatic heterocycles. The molecule has 16 heteroatoms. The highest BCUT2D eigenvalue weighted by molar-refractivity contribution is 6.39. The van der Waals surface area contributed by atoms with Gasteiger partial charge in [-0.25, -0.2) is 9.86 Å². The topological polar surface area (TPSA) is 208 Å². The number of ketones is 3. The molecule has 17 atom stereocenters. The number of rotatable bonds is 7. The normalized spacial score (nSPS) is 39.2. The lowest BCUT2D eigenvalue weighted by Crippen LogP contribution is -2.61. The predicted molar refractivity (Wildman–Crippen MR) is 274 cm³/mol. The van der Waals surface area contributed by atoms with Crippen LogP contribution in [0.2, 0.25) is 0 Å². The predicted octanol–water partition coefficient (Wildman–Crippen LogP) is 6.81. The van der Waals surface area contributed by atoms with E-state index in [1.807, 2.05) is 68.3 Å². The molecule has 4 bridgehead atoms. The molecule has 1 aromatic carbocycles. The Bertz CT molecular complexity index is 2150. The summed E-state index contributed by atoms with van der Waals surface area (Å²) in [6.07, 6.45) is 6.48. The second-order valence-electron chi connectivity index (χ2n) is 21.9. The molecule has 0 radical (unpaired) electrons. The fraction of sp³-hybridized carbons (Fsp3) is 0.702. The maximum Gasteiger partial charge on any atom is 0.329 e. The Balaban J connectivity index is 1.35. The number of carbonyl (C=O) groups excluding carboxylic acids is 5. The lowest BCUT2D eigenvalue weighted by molar-refractivity contribution is -0.265. The molecule has 16 nitrogen and oxygen atoms in total. The fourth-order valence-corrected chi connectivity index (χ4v) is 11.8. The van der Waals surface area contributed by atoms with E-state index < -0.39 is 90.0 Å². The van der Waals surface area contributed by atoms with Crippen molar-refractivity contribution in [3.63, 3.8) is 0 Å². The van der Waals surface area contributed by atoms with Crippen molar-refractivity contribution in [3.8, 4) is 0 Å². The van der Waals surface area contributed by atoms with E-state index in [0.717, 1.165) is 11.3 Å². The van der Waals surface area contributed by atoms with Gasteiger partial charge in [0.15, 0.2) is 5.78 Å². The van der Waals surface area contributed by atoms with Crippen LogP contribution in [0, 0.1) is 35.5 Å². The number of ether oxygens (including phenoxy) is 5. The molecule has 1 aliphatic carbocycles. The number of fused-ring (bicyclic) bond motifs is 16. The molecule has 73 heavy (non-hydrogen) atoms. The minimum absolute atomic E-state index is 0.0716. The zero-order valence-corrected chi connectivity index (χ0v) is 44.9. The zero-order valence-electron chi connectivity index (χ0n) is 44.9. The molecule has 3 fully saturated rings. The number of Topliss-reactive ketones (excluding diaryl/α,β-unsaturated/α-hetero) is 3. The molecular weight excluding hydrogens is 937 g/mol. The number of allylic oxidation sites excluding steroid dienone is 1. The monoisotopic (exact) mass is 1020 g/mol. The molecule has 2 saturated heterocycles. The van der Waals surface area contributed by atoms with Gasteiger partial charge in [0.2, 0.25) is 5.79 Å². The van der Waals surface area contributed by atoms with Crippen molar-refractivity contribution in [1.82, 2.24) is 4.90 Å². The number of hydroxylamine groups is 1. The summed E-state index contributed by atoms with van der Waals surface area (Å²) < 4.78 is 29.9. The Morgan fingerprint density at radius 1 is 0.822 bits per heavy atom. The maximum absolute atomic E-state index is 14.5. The number of hydrogen-bond donors (Lipinski definition) is 3. The van der Waals surface area contributed by atoms with Gasteiger partial charge in [-0.15, -0.1) is 0 Å². The molecule has 1 aromatic rings. The third-order valence-corrected chi connectivity index (χ3v) is 16.5. The summed E-state index contributed by atoms with van der Waals surface area (Å²) >= 11 is 0. The van der Waals surface area contributed by atoms with Gasteiger partial charge in [-0.1, -0.05) is 71.0 Å². The number of aliphatic hydroxyl groups is 3. The van der Waals surface area contributed by atoms with Crippen molar-refractivity contribution in [1.29, 1.82) is 0 Å². The number of anilines is 1. The number of carbonyl (C=O) groups is 5. The van der Waals surface area contributed by atoms with E-state index in [9.17, 15) is 39.3 Å². The average Bonchev–Trinajstić information content (AvgIpc) is 3.38. The van der Waals surface area contributed by atoms with Crippen molar-refractivity contribution in [2.45, 2.75) is 192 Å². The van der Waals surface area contributed by atoms with Crippen molar-refractivity contribution in [3.05, 3.63) is 65.8 Å². The van der Waals surface area contributed by atoms with Gasteiger partial charge < -0.3 is 43.9 Å². The van der Waals surface area contributed by atoms with Crippen LogP contribution in [-0.2, 0) is 52.5 Å². The molecule has 3 N–H and O–H groups in total. The largest absolute Gasteiger partial charge is 0.460 e. The number of esters is 1. The summed E-state index contributed by atoms with van der Waals surface area (Å²) in [4.78, 5) is 79.7. The molecule has 2 unspecified atom stereocenters. The number of piperidine rings is 1. The van der Waals surface area contributed by atoms with E-state index in [0.29, 0.717) is 63.4 Å². The molecule has 406 valence electrons. The Morgan fingerprint density at radius 3 is 2.23 bits per heavy atom. The third kappa shape index (κ3) is 14.0. The molecule has 5 aliphatic heterocycles. The van der Waals surface area contributed by atoms with Crippen LogP contribution in [0.15, 0.2) is 65.8 Å². The standard InChI is InChI=1S/C57H84N2O14/c1-33-26-37(5)51(62)53(70-10)52(63)38(6)27-34(2)47(61)32-49(35(3)28-40-20-24-46(60)50(30-40)69-9)71-56(66)45-18-14-15-25-58(45)55(65)54(64)57(67)39(7)19-21-42(72-57)31-48(68-8)36(4)29-43-22-23-44(33)59(73-43)41-16-12-11-13-17-41/h11-13,16-17,22-23,27,29,33-35,37,39-40,42-46,48-50,52-53,60,63,67H,14-15,18-21,24-26,28,30-32H2,1-10H3/b36-29+,38-27+/t33-,34+,35+,37+,39+,40-,42-,43+,44?,45?,46+,48-,49-,50+,52+,53-,57+/m0/s1. The van der Waals surface area contributed by atoms with Gasteiger partial charge >= 0.3 is 5.97 Å². The van der Waals surface area contributed by atoms with Crippen molar-refractivity contribution >= 4 is 34.9 Å². The summed E-state index contributed by atoms with van der Waals surface area (Å²) in [5.41, 5.74) is 2.00. The van der Waals surface area contributed by atoms with Crippen LogP contribution < -0.4 is 5.06 Å². The van der Waals surface area contributed by atoms with Crippen LogP contribution in [0.5, 0.6) is 0 Å². The van der Waals surface area contributed by atoms with Crippen LogP contribution >= 0.6 is 0 Å². The molecule has 7 rings (SSSR count). The third-order valence-electron chi connectivity index (χ3n) is 16.5. The highest BCUT2D eigenvalue weighted by Gasteiger charge is 2.53. The number of benzene rings is 1. The molecule has 6 aliphatic rings. The highest BCUT2D eigenvalue weighted by Crippen LogP contribution is 2.39. The molecule has 0 spiro atoms. The Kier molecular flexibility index (Phi) is 20.8. The van der Waals surface area contributed by atoms with E-state index in [-0.39, 0.29) is 67.3 Å². The van der Waals surface area contributed by atoms with Gasteiger partial charge in [-0.3, -0.25) is 24.0 Å². The molecule has 1 amide bonds. The van der Waals surface area contributed by atoms with Gasteiger partial charge in [0, 0.05) is 58.5 Å². The number of methoxy groups -OCH3 is 3. The lowest BCUT2D eigenvalue weighted by atomic mass is 9.78. The quantitative estimate of drug-likeness (QED) is 0.146. The Hall–Kier alpha value is -4.13. The van der Waals surface area contributed by atoms with Gasteiger partial charge in [0.05, 0.1) is 36.1 Å². The van der Waals surface area contributed by atoms with Gasteiger partial charge in [-0.05, 0) is 125 Å². The SMILES string of the molecule is CO[C@H]1C[C@@H]2CC[C@@H](C)[C@@](O)(O2)C(=O)C(=O)N2CCCCC2C(=O)O[C@H]([C@H](C)C[C@@H]2CC[C@@H](O)[C@H](OC)C2)CC(=O)[C@H](C)/C=C(\C)[C@@H](O)[C@@H](OC)C(=O)[C@H](C)C[C@H](C)C2C=C[C@H](/C=C/1C)ON2c1ccccc1. The zero-order chi connectivity index (χ0) is 53.3. The number of aliphatic hydroxyl groups excluding tert-OH is 2. The average molecular weight is 1020 g/mol. The summed E-state index contributed by atoms with van der Waals surface area (Å²) in [6.45, 7) is 12.8. The van der Waals surface area contributed by atoms with E-state index in [1.54, 1.807) is 41.1 Å². The second-order valence-corrected chi connectivity index (χ2v) is 21.9. The van der Waals surface area contributed by atoms with E-state index in [1.165, 1.54) is 12.0 Å². The summed E-state index contributed by atoms with van der Waals surface area (Å²) in [6, 6.07) is 8.24. The summed E-state index contributed by atoms with van der Waals surface area (Å²) in [5.74, 6) is -8.42. The van der Waals surface area contributed by atoms with E-state index in [2.05, 4.69) is 13.0 Å².